The van der Waals surface area contributed by atoms with E-state index in [1.54, 1.807) is 7.11 Å². The Hall–Kier alpha value is -2.37. The van der Waals surface area contributed by atoms with E-state index in [1.807, 2.05) is 6.07 Å². The second-order valence-corrected chi connectivity index (χ2v) is 7.81. The predicted octanol–water partition coefficient (Wildman–Crippen LogP) is 3.61. The second-order valence-electron chi connectivity index (χ2n) is 7.81. The largest absolute Gasteiger partial charge is 0.383 e. The third-order valence-corrected chi connectivity index (χ3v) is 6.05. The van der Waals surface area contributed by atoms with Gasteiger partial charge in [-0.1, -0.05) is 30.3 Å². The number of amides is 1. The minimum Gasteiger partial charge on any atom is -0.383 e. The Morgan fingerprint density at radius 1 is 1.25 bits per heavy atom. The number of methoxy groups -OCH3 is 1. The van der Waals surface area contributed by atoms with Gasteiger partial charge in [0, 0.05) is 36.9 Å². The molecule has 1 unspecified atom stereocenters. The first-order chi connectivity index (χ1) is 13.7. The third kappa shape index (κ3) is 3.64. The highest BCUT2D eigenvalue weighted by atomic mass is 16.5. The number of nitrogens with one attached hydrogen (secondary N) is 2. The first-order valence-electron chi connectivity index (χ1n) is 10.1. The van der Waals surface area contributed by atoms with Crippen molar-refractivity contribution in [2.45, 2.75) is 24.9 Å². The average molecular weight is 380 g/mol. The second kappa shape index (κ2) is 8.33. The normalized spacial score (nSPS) is 24.0. The maximum atomic E-state index is 12.5. The monoisotopic (exact) mass is 379 g/mol. The van der Waals surface area contributed by atoms with Gasteiger partial charge in [-0.2, -0.15) is 0 Å². The zero-order valence-electron chi connectivity index (χ0n) is 16.7. The number of carbonyl (C=O) groups excluding carboxylic acids is 1. The summed E-state index contributed by atoms with van der Waals surface area (Å²) in [5.74, 6) is 0.445. The highest BCUT2D eigenvalue weighted by Crippen LogP contribution is 2.49. The number of ether oxygens (including phenoxy) is 1. The number of hydrogen-bond donors (Lipinski definition) is 2. The molecule has 1 saturated heterocycles. The third-order valence-electron chi connectivity index (χ3n) is 6.05. The summed E-state index contributed by atoms with van der Waals surface area (Å²) in [6.07, 6.45) is 2.39. The van der Waals surface area contributed by atoms with Gasteiger partial charge in [0.15, 0.2) is 0 Å². The van der Waals surface area contributed by atoms with Crippen molar-refractivity contribution < 1.29 is 9.53 Å². The van der Waals surface area contributed by atoms with Gasteiger partial charge in [-0.25, -0.2) is 0 Å². The summed E-state index contributed by atoms with van der Waals surface area (Å²) >= 11 is 0. The van der Waals surface area contributed by atoms with Crippen molar-refractivity contribution in [1.82, 2.24) is 10.2 Å². The van der Waals surface area contributed by atoms with Gasteiger partial charge < -0.3 is 15.4 Å². The van der Waals surface area contributed by atoms with Crippen molar-refractivity contribution in [2.75, 3.05) is 39.2 Å². The van der Waals surface area contributed by atoms with Crippen molar-refractivity contribution in [3.63, 3.8) is 0 Å². The van der Waals surface area contributed by atoms with Crippen molar-refractivity contribution >= 4 is 11.6 Å². The van der Waals surface area contributed by atoms with Crippen LogP contribution in [0.15, 0.2) is 48.5 Å². The van der Waals surface area contributed by atoms with Crippen LogP contribution in [0, 0.1) is 5.92 Å². The molecule has 0 radical (unpaired) electrons. The van der Waals surface area contributed by atoms with Crippen molar-refractivity contribution in [2.24, 2.45) is 5.92 Å². The molecule has 148 valence electrons. The van der Waals surface area contributed by atoms with Crippen LogP contribution in [-0.4, -0.2) is 44.7 Å². The predicted molar refractivity (Wildman–Crippen MR) is 112 cm³/mol. The zero-order valence-corrected chi connectivity index (χ0v) is 16.7. The molecule has 28 heavy (non-hydrogen) atoms. The molecule has 3 atom stereocenters. The summed E-state index contributed by atoms with van der Waals surface area (Å²) in [6.45, 7) is 2.13. The first-order valence-corrected chi connectivity index (χ1v) is 10.1. The molecule has 1 fully saturated rings. The lowest BCUT2D eigenvalue weighted by molar-refractivity contribution is 0.0932. The molecule has 1 amide bonds. The molecule has 4 rings (SSSR count). The minimum atomic E-state index is -0.0416. The molecule has 2 aliphatic rings. The zero-order chi connectivity index (χ0) is 19.5. The van der Waals surface area contributed by atoms with E-state index in [0.717, 1.165) is 12.2 Å². The van der Waals surface area contributed by atoms with Gasteiger partial charge in [0.1, 0.15) is 0 Å². The summed E-state index contributed by atoms with van der Waals surface area (Å²) in [4.78, 5) is 15.0. The summed E-state index contributed by atoms with van der Waals surface area (Å²) in [5, 5.41) is 6.70. The van der Waals surface area contributed by atoms with Crippen LogP contribution in [0.2, 0.25) is 0 Å². The Bertz CT molecular complexity index is 824. The van der Waals surface area contributed by atoms with E-state index < -0.39 is 0 Å². The number of hydrogen-bond acceptors (Lipinski definition) is 4. The number of fused-ring (bicyclic) bond motifs is 3. The molecule has 0 aromatic heterocycles. The van der Waals surface area contributed by atoms with Crippen LogP contribution in [0.3, 0.4) is 0 Å². The Kier molecular flexibility index (Phi) is 5.64. The topological polar surface area (TPSA) is 53.6 Å². The Morgan fingerprint density at radius 2 is 2.07 bits per heavy atom. The van der Waals surface area contributed by atoms with Crippen LogP contribution in [0.4, 0.5) is 5.69 Å². The van der Waals surface area contributed by atoms with Crippen LogP contribution < -0.4 is 10.6 Å². The SMILES string of the molecule is COCCNC(=O)c1ccc2c(c1)[C@@H]1[C@@H](CCCN1C)C(c1ccccc1)N2. The highest BCUT2D eigenvalue weighted by Gasteiger charge is 2.41. The Morgan fingerprint density at radius 3 is 2.86 bits per heavy atom. The molecule has 0 spiro atoms. The molecule has 0 aliphatic carbocycles. The molecule has 0 saturated carbocycles. The molecular formula is C23H29N3O2. The Labute approximate surface area is 167 Å². The smallest absolute Gasteiger partial charge is 0.251 e. The molecule has 2 heterocycles. The number of nitrogens with zero attached hydrogens (tertiary/aromatic N) is 1. The summed E-state index contributed by atoms with van der Waals surface area (Å²) in [6, 6.07) is 17.4. The lowest BCUT2D eigenvalue weighted by Crippen LogP contribution is -2.43. The van der Waals surface area contributed by atoms with E-state index in [2.05, 4.69) is 65.0 Å². The van der Waals surface area contributed by atoms with Crippen LogP contribution in [0.5, 0.6) is 0 Å². The molecule has 2 aromatic rings. The number of rotatable bonds is 5. The molecule has 5 heteroatoms. The summed E-state index contributed by atoms with van der Waals surface area (Å²) < 4.78 is 5.03. The molecular weight excluding hydrogens is 350 g/mol. The molecule has 5 nitrogen and oxygen atoms in total. The van der Waals surface area contributed by atoms with E-state index >= 15 is 0 Å². The Balaban J connectivity index is 1.67. The van der Waals surface area contributed by atoms with Gasteiger partial charge in [0.2, 0.25) is 0 Å². The fourth-order valence-corrected chi connectivity index (χ4v) is 4.73. The van der Waals surface area contributed by atoms with Crippen LogP contribution in [-0.2, 0) is 4.74 Å². The van der Waals surface area contributed by atoms with Crippen LogP contribution in [0.25, 0.3) is 0 Å². The van der Waals surface area contributed by atoms with E-state index in [1.165, 1.54) is 24.0 Å². The fraction of sp³-hybridized carbons (Fsp3) is 0.435. The van der Waals surface area contributed by atoms with Crippen LogP contribution >= 0.6 is 0 Å². The van der Waals surface area contributed by atoms with E-state index in [9.17, 15) is 4.79 Å². The molecule has 0 bridgehead atoms. The van der Waals surface area contributed by atoms with E-state index in [-0.39, 0.29) is 5.91 Å². The molecule has 2 aromatic carbocycles. The standard InChI is InChI=1S/C23H29N3O2/c1-26-13-6-9-18-21(16-7-4-3-5-8-16)25-20-11-10-17(15-19(20)22(18)26)23(27)24-12-14-28-2/h3-5,7-8,10-11,15,18,21-22,25H,6,9,12-14H2,1-2H3,(H,24,27)/t18-,21?,22-/m0/s1. The van der Waals surface area contributed by atoms with Crippen LogP contribution in [0.1, 0.15) is 46.4 Å². The number of likely N-dealkylation sites (tertiary alicyclic amines) is 1. The summed E-state index contributed by atoms with van der Waals surface area (Å²) in [5.41, 5.74) is 4.42. The first kappa shape index (κ1) is 19.0. The van der Waals surface area contributed by atoms with Gasteiger partial charge in [0.25, 0.3) is 5.91 Å². The van der Waals surface area contributed by atoms with E-state index in [0.29, 0.717) is 36.7 Å². The summed E-state index contributed by atoms with van der Waals surface area (Å²) in [7, 11) is 3.85. The highest BCUT2D eigenvalue weighted by molar-refractivity contribution is 5.95. The number of anilines is 1. The van der Waals surface area contributed by atoms with Gasteiger partial charge in [-0.3, -0.25) is 9.69 Å². The maximum absolute atomic E-state index is 12.5. The average Bonchev–Trinajstić information content (AvgIpc) is 2.73. The van der Waals surface area contributed by atoms with Crippen molar-refractivity contribution in [3.05, 3.63) is 65.2 Å². The lowest BCUT2D eigenvalue weighted by atomic mass is 9.74. The van der Waals surface area contributed by atoms with Crippen molar-refractivity contribution in [1.29, 1.82) is 0 Å². The van der Waals surface area contributed by atoms with Gasteiger partial charge >= 0.3 is 0 Å². The van der Waals surface area contributed by atoms with Gasteiger partial charge in [-0.15, -0.1) is 0 Å². The van der Waals surface area contributed by atoms with E-state index in [4.69, 9.17) is 4.74 Å². The quantitative estimate of drug-likeness (QED) is 0.780. The maximum Gasteiger partial charge on any atom is 0.251 e. The van der Waals surface area contributed by atoms with Gasteiger partial charge in [0.05, 0.1) is 12.6 Å². The molecule has 2 aliphatic heterocycles. The number of benzene rings is 2. The lowest BCUT2D eigenvalue weighted by Gasteiger charge is -2.48. The van der Waals surface area contributed by atoms with Gasteiger partial charge in [-0.05, 0) is 55.8 Å². The van der Waals surface area contributed by atoms with Crippen molar-refractivity contribution in [3.8, 4) is 0 Å². The minimum absolute atomic E-state index is 0.0416. The fourth-order valence-electron chi connectivity index (χ4n) is 4.73. The molecule has 2 N–H and O–H groups in total. The number of carbonyl (C=O) groups is 1. The number of piperidine rings is 1.